The number of hydrogen-bond acceptors (Lipinski definition) is 3. The number of aliphatic hydroxyl groups is 1. The Hall–Kier alpha value is -1.33. The van der Waals surface area contributed by atoms with Crippen molar-refractivity contribution in [2.75, 3.05) is 11.9 Å². The second-order valence-electron chi connectivity index (χ2n) is 4.02. The van der Waals surface area contributed by atoms with E-state index in [2.05, 4.69) is 26.3 Å². The van der Waals surface area contributed by atoms with E-state index in [4.69, 9.17) is 0 Å². The lowest BCUT2D eigenvalue weighted by molar-refractivity contribution is 0.276. The van der Waals surface area contributed by atoms with Gasteiger partial charge < -0.3 is 10.4 Å². The highest BCUT2D eigenvalue weighted by atomic mass is 79.9. The second kappa shape index (κ2) is 6.02. The van der Waals surface area contributed by atoms with E-state index >= 15 is 0 Å². The van der Waals surface area contributed by atoms with E-state index in [1.807, 2.05) is 42.1 Å². The summed E-state index contributed by atoms with van der Waals surface area (Å²) in [6, 6.07) is 7.73. The normalized spacial score (nSPS) is 12.4. The van der Waals surface area contributed by atoms with Gasteiger partial charge in [-0.25, -0.2) is 0 Å². The summed E-state index contributed by atoms with van der Waals surface area (Å²) < 4.78 is 2.88. The maximum absolute atomic E-state index is 9.47. The van der Waals surface area contributed by atoms with Gasteiger partial charge in [-0.15, -0.1) is 0 Å². The topological polar surface area (TPSA) is 50.1 Å². The Morgan fingerprint density at radius 3 is 2.67 bits per heavy atom. The van der Waals surface area contributed by atoms with Crippen LogP contribution in [0.5, 0.6) is 0 Å². The van der Waals surface area contributed by atoms with Crippen molar-refractivity contribution in [1.82, 2.24) is 9.78 Å². The van der Waals surface area contributed by atoms with Gasteiger partial charge in [-0.1, -0.05) is 15.9 Å². The van der Waals surface area contributed by atoms with Crippen LogP contribution in [-0.2, 0) is 6.54 Å². The number of halogens is 1. The monoisotopic (exact) mass is 309 g/mol. The van der Waals surface area contributed by atoms with E-state index in [1.54, 1.807) is 6.20 Å². The molecule has 0 saturated heterocycles. The van der Waals surface area contributed by atoms with Gasteiger partial charge in [-0.2, -0.15) is 5.10 Å². The molecule has 2 rings (SSSR count). The molecule has 0 spiro atoms. The Bertz CT molecular complexity index is 495. The van der Waals surface area contributed by atoms with Gasteiger partial charge in [0.25, 0.3) is 0 Å². The highest BCUT2D eigenvalue weighted by Crippen LogP contribution is 2.20. The third kappa shape index (κ3) is 3.11. The van der Waals surface area contributed by atoms with E-state index in [0.29, 0.717) is 0 Å². The molecule has 1 unspecified atom stereocenters. The summed E-state index contributed by atoms with van der Waals surface area (Å²) >= 11 is 3.40. The van der Waals surface area contributed by atoms with Crippen LogP contribution in [0.1, 0.15) is 18.5 Å². The van der Waals surface area contributed by atoms with Gasteiger partial charge in [0.1, 0.15) is 0 Å². The predicted molar refractivity (Wildman–Crippen MR) is 75.5 cm³/mol. The summed E-state index contributed by atoms with van der Waals surface area (Å²) in [5.74, 6) is 0. The largest absolute Gasteiger partial charge is 0.394 e. The number of benzene rings is 1. The van der Waals surface area contributed by atoms with Crippen LogP contribution in [0.3, 0.4) is 0 Å². The first kappa shape index (κ1) is 13.1. The lowest BCUT2D eigenvalue weighted by Gasteiger charge is -2.16. The van der Waals surface area contributed by atoms with Gasteiger partial charge in [0.05, 0.1) is 18.8 Å². The highest BCUT2D eigenvalue weighted by Gasteiger charge is 2.12. The third-order valence-corrected chi connectivity index (χ3v) is 3.28. The molecule has 0 aliphatic rings. The van der Waals surface area contributed by atoms with Crippen molar-refractivity contribution in [1.29, 1.82) is 0 Å². The van der Waals surface area contributed by atoms with Gasteiger partial charge in [0.2, 0.25) is 0 Å². The number of anilines is 1. The summed E-state index contributed by atoms with van der Waals surface area (Å²) in [4.78, 5) is 0. The summed E-state index contributed by atoms with van der Waals surface area (Å²) in [6.07, 6.45) is 3.74. The van der Waals surface area contributed by atoms with Gasteiger partial charge in [-0.05, 0) is 31.2 Å². The van der Waals surface area contributed by atoms with Crippen LogP contribution in [0.15, 0.2) is 41.1 Å². The van der Waals surface area contributed by atoms with Crippen LogP contribution in [0.25, 0.3) is 0 Å². The molecule has 0 radical (unpaired) electrons. The molecule has 0 aliphatic heterocycles. The average Bonchev–Trinajstić information content (AvgIpc) is 2.87. The fraction of sp³-hybridized carbons (Fsp3) is 0.308. The molecule has 0 saturated carbocycles. The van der Waals surface area contributed by atoms with E-state index in [-0.39, 0.29) is 12.6 Å². The molecule has 1 aromatic heterocycles. The smallest absolute Gasteiger partial charge is 0.0775 e. The van der Waals surface area contributed by atoms with Gasteiger partial charge >= 0.3 is 0 Å². The molecule has 1 heterocycles. The van der Waals surface area contributed by atoms with E-state index in [1.165, 1.54) is 0 Å². The number of aromatic nitrogens is 2. The average molecular weight is 310 g/mol. The first-order chi connectivity index (χ1) is 8.72. The Kier molecular flexibility index (Phi) is 4.38. The van der Waals surface area contributed by atoms with Crippen LogP contribution >= 0.6 is 15.9 Å². The molecule has 0 fully saturated rings. The summed E-state index contributed by atoms with van der Waals surface area (Å²) in [5.41, 5.74) is 1.96. The van der Waals surface area contributed by atoms with E-state index in [0.717, 1.165) is 22.3 Å². The number of nitrogens with zero attached hydrogens (tertiary/aromatic N) is 2. The maximum Gasteiger partial charge on any atom is 0.0775 e. The Morgan fingerprint density at radius 2 is 2.11 bits per heavy atom. The van der Waals surface area contributed by atoms with Crippen molar-refractivity contribution in [3.63, 3.8) is 0 Å². The van der Waals surface area contributed by atoms with Gasteiger partial charge in [0.15, 0.2) is 0 Å². The maximum atomic E-state index is 9.47. The zero-order chi connectivity index (χ0) is 13.0. The number of hydrogen-bond donors (Lipinski definition) is 2. The van der Waals surface area contributed by atoms with Crippen LogP contribution < -0.4 is 5.32 Å². The lowest BCUT2D eigenvalue weighted by Crippen LogP contribution is -2.14. The van der Waals surface area contributed by atoms with E-state index in [9.17, 15) is 5.11 Å². The molecular formula is C13H16BrN3O. The van der Waals surface area contributed by atoms with E-state index < -0.39 is 0 Å². The van der Waals surface area contributed by atoms with Crippen LogP contribution in [-0.4, -0.2) is 21.5 Å². The van der Waals surface area contributed by atoms with Gasteiger partial charge in [0, 0.05) is 28.5 Å². The SMILES string of the molecule is CCn1cc(C(CO)Nc2ccc(Br)cc2)cn1. The second-order valence-corrected chi connectivity index (χ2v) is 4.93. The summed E-state index contributed by atoms with van der Waals surface area (Å²) in [5, 5.41) is 17.0. The Balaban J connectivity index is 2.11. The lowest BCUT2D eigenvalue weighted by atomic mass is 10.1. The number of aryl methyl sites for hydroxylation is 1. The minimum atomic E-state index is -0.133. The Labute approximate surface area is 115 Å². The molecule has 0 aliphatic carbocycles. The van der Waals surface area contributed by atoms with Crippen LogP contribution in [0, 0.1) is 0 Å². The van der Waals surface area contributed by atoms with Crippen LogP contribution in [0.2, 0.25) is 0 Å². The minimum Gasteiger partial charge on any atom is -0.394 e. The van der Waals surface area contributed by atoms with Crippen LogP contribution in [0.4, 0.5) is 5.69 Å². The molecule has 2 N–H and O–H groups in total. The van der Waals surface area contributed by atoms with Crippen molar-refractivity contribution in [3.8, 4) is 0 Å². The molecule has 2 aromatic rings. The van der Waals surface area contributed by atoms with Crippen molar-refractivity contribution >= 4 is 21.6 Å². The molecule has 18 heavy (non-hydrogen) atoms. The summed E-state index contributed by atoms with van der Waals surface area (Å²) in [6.45, 7) is 2.90. The molecule has 0 amide bonds. The third-order valence-electron chi connectivity index (χ3n) is 2.75. The molecule has 96 valence electrons. The number of nitrogens with one attached hydrogen (secondary N) is 1. The quantitative estimate of drug-likeness (QED) is 0.893. The van der Waals surface area contributed by atoms with Gasteiger partial charge in [-0.3, -0.25) is 4.68 Å². The first-order valence-corrected chi connectivity index (χ1v) is 6.67. The fourth-order valence-corrected chi connectivity index (χ4v) is 1.98. The number of aliphatic hydroxyl groups excluding tert-OH is 1. The summed E-state index contributed by atoms with van der Waals surface area (Å²) in [7, 11) is 0. The standard InChI is InChI=1S/C13H16BrN3O/c1-2-17-8-10(7-15-17)13(9-18)16-12-5-3-11(14)4-6-12/h3-8,13,16,18H,2,9H2,1H3. The zero-order valence-corrected chi connectivity index (χ0v) is 11.8. The first-order valence-electron chi connectivity index (χ1n) is 5.88. The molecular weight excluding hydrogens is 294 g/mol. The Morgan fingerprint density at radius 1 is 1.39 bits per heavy atom. The van der Waals surface area contributed by atoms with Crippen molar-refractivity contribution in [2.24, 2.45) is 0 Å². The molecule has 0 bridgehead atoms. The fourth-order valence-electron chi connectivity index (χ4n) is 1.71. The molecule has 1 atom stereocenters. The highest BCUT2D eigenvalue weighted by molar-refractivity contribution is 9.10. The molecule has 1 aromatic carbocycles. The van der Waals surface area contributed by atoms with Crippen molar-refractivity contribution in [3.05, 3.63) is 46.7 Å². The van der Waals surface area contributed by atoms with Crippen molar-refractivity contribution in [2.45, 2.75) is 19.5 Å². The zero-order valence-electron chi connectivity index (χ0n) is 10.2. The molecule has 4 nitrogen and oxygen atoms in total. The predicted octanol–water partition coefficient (Wildman–Crippen LogP) is 2.81. The van der Waals surface area contributed by atoms with Crippen molar-refractivity contribution < 1.29 is 5.11 Å². The number of rotatable bonds is 5. The minimum absolute atomic E-state index is 0.0332. The molecule has 5 heteroatoms.